The van der Waals surface area contributed by atoms with Crippen molar-refractivity contribution in [3.05, 3.63) is 64.8 Å². The van der Waals surface area contributed by atoms with E-state index in [1.807, 2.05) is 36.0 Å². The smallest absolute Gasteiger partial charge is 0.246 e. The Hall–Kier alpha value is -2.59. The van der Waals surface area contributed by atoms with Crippen molar-refractivity contribution in [3.63, 3.8) is 0 Å². The molecular weight excluding hydrogens is 511 g/mol. The van der Waals surface area contributed by atoms with Crippen molar-refractivity contribution in [3.8, 4) is 0 Å². The summed E-state index contributed by atoms with van der Waals surface area (Å²) < 4.78 is 6.66. The SMILES string of the molecule is CN(C)CC=CC(=O)N1CCc2c(sc3ncnc(N[C@H](CO[Si](C)(C)C(C)(C)C)c4ccccc4)c23)C1. The number of rotatable bonds is 9. The average Bonchev–Trinajstić information content (AvgIpc) is 3.24. The summed E-state index contributed by atoms with van der Waals surface area (Å²) in [5.41, 5.74) is 2.43. The van der Waals surface area contributed by atoms with E-state index in [2.05, 4.69) is 68.4 Å². The van der Waals surface area contributed by atoms with E-state index < -0.39 is 8.32 Å². The molecule has 3 aromatic rings. The number of nitrogens with zero attached hydrogens (tertiary/aromatic N) is 4. The number of aromatic nitrogens is 2. The maximum atomic E-state index is 12.8. The Bertz CT molecular complexity index is 1280. The van der Waals surface area contributed by atoms with Gasteiger partial charge in [-0.15, -0.1) is 11.3 Å². The van der Waals surface area contributed by atoms with Crippen LogP contribution in [0.25, 0.3) is 10.2 Å². The van der Waals surface area contributed by atoms with Crippen molar-refractivity contribution in [2.45, 2.75) is 57.9 Å². The van der Waals surface area contributed by atoms with Crippen LogP contribution in [0.5, 0.6) is 0 Å². The summed E-state index contributed by atoms with van der Waals surface area (Å²) in [7, 11) is 2.05. The first-order valence-corrected chi connectivity index (χ1v) is 17.0. The Labute approximate surface area is 232 Å². The lowest BCUT2D eigenvalue weighted by molar-refractivity contribution is -0.126. The van der Waals surface area contributed by atoms with Crippen LogP contribution >= 0.6 is 11.3 Å². The molecule has 9 heteroatoms. The third kappa shape index (κ3) is 6.51. The highest BCUT2D eigenvalue weighted by atomic mass is 32.1. The summed E-state index contributed by atoms with van der Waals surface area (Å²) >= 11 is 1.67. The van der Waals surface area contributed by atoms with Gasteiger partial charge in [-0.05, 0) is 49.8 Å². The first-order chi connectivity index (χ1) is 18.0. The number of fused-ring (bicyclic) bond motifs is 3. The largest absolute Gasteiger partial charge is 0.414 e. The van der Waals surface area contributed by atoms with Gasteiger partial charge in [-0.1, -0.05) is 57.2 Å². The predicted molar refractivity (Wildman–Crippen MR) is 160 cm³/mol. The molecule has 1 aliphatic heterocycles. The molecule has 3 heterocycles. The zero-order valence-electron chi connectivity index (χ0n) is 23.7. The maximum absolute atomic E-state index is 12.8. The molecule has 0 aliphatic carbocycles. The highest BCUT2D eigenvalue weighted by Crippen LogP contribution is 2.40. The molecule has 1 N–H and O–H groups in total. The van der Waals surface area contributed by atoms with Crippen molar-refractivity contribution in [2.24, 2.45) is 0 Å². The summed E-state index contributed by atoms with van der Waals surface area (Å²) in [6, 6.07) is 10.4. The zero-order valence-corrected chi connectivity index (χ0v) is 25.6. The zero-order chi connectivity index (χ0) is 27.5. The van der Waals surface area contributed by atoms with E-state index in [1.165, 1.54) is 16.0 Å². The summed E-state index contributed by atoms with van der Waals surface area (Å²) in [5, 5.41) is 4.94. The molecule has 7 nitrogen and oxygen atoms in total. The molecule has 1 aromatic carbocycles. The minimum atomic E-state index is -1.93. The van der Waals surface area contributed by atoms with Gasteiger partial charge in [0, 0.05) is 24.0 Å². The van der Waals surface area contributed by atoms with Gasteiger partial charge in [0.15, 0.2) is 8.32 Å². The van der Waals surface area contributed by atoms with Crippen molar-refractivity contribution < 1.29 is 9.22 Å². The van der Waals surface area contributed by atoms with Crippen molar-refractivity contribution in [1.29, 1.82) is 0 Å². The van der Waals surface area contributed by atoms with Crippen LogP contribution in [0.15, 0.2) is 48.8 Å². The van der Waals surface area contributed by atoms with Gasteiger partial charge in [0.05, 0.1) is 24.6 Å². The fourth-order valence-corrected chi connectivity index (χ4v) is 6.49. The minimum absolute atomic E-state index is 0.0394. The number of carbonyl (C=O) groups excluding carboxylic acids is 1. The Morgan fingerprint density at radius 1 is 1.24 bits per heavy atom. The third-order valence-electron chi connectivity index (χ3n) is 7.61. The lowest BCUT2D eigenvalue weighted by Gasteiger charge is -2.37. The van der Waals surface area contributed by atoms with Gasteiger partial charge >= 0.3 is 0 Å². The van der Waals surface area contributed by atoms with Crippen LogP contribution in [-0.2, 0) is 22.2 Å². The second kappa shape index (κ2) is 11.7. The molecule has 1 aliphatic rings. The van der Waals surface area contributed by atoms with E-state index in [-0.39, 0.29) is 17.0 Å². The van der Waals surface area contributed by atoms with Gasteiger partial charge in [-0.3, -0.25) is 4.79 Å². The Morgan fingerprint density at radius 2 is 1.97 bits per heavy atom. The van der Waals surface area contributed by atoms with E-state index in [4.69, 9.17) is 9.41 Å². The van der Waals surface area contributed by atoms with Gasteiger partial charge in [-0.2, -0.15) is 0 Å². The highest BCUT2D eigenvalue weighted by Gasteiger charge is 2.38. The van der Waals surface area contributed by atoms with Crippen LogP contribution in [0.4, 0.5) is 5.82 Å². The van der Waals surface area contributed by atoms with Gasteiger partial charge in [0.1, 0.15) is 17.0 Å². The van der Waals surface area contributed by atoms with E-state index in [1.54, 1.807) is 23.7 Å². The van der Waals surface area contributed by atoms with Crippen LogP contribution in [0.2, 0.25) is 18.1 Å². The van der Waals surface area contributed by atoms with Gasteiger partial charge in [-0.25, -0.2) is 9.97 Å². The molecule has 0 fully saturated rings. The van der Waals surface area contributed by atoms with Crippen LogP contribution in [0.1, 0.15) is 42.8 Å². The van der Waals surface area contributed by atoms with E-state index in [9.17, 15) is 4.79 Å². The van der Waals surface area contributed by atoms with E-state index in [0.717, 1.165) is 29.0 Å². The molecule has 0 radical (unpaired) electrons. The molecule has 204 valence electrons. The number of nitrogens with one attached hydrogen (secondary N) is 1. The van der Waals surface area contributed by atoms with E-state index in [0.29, 0.717) is 19.7 Å². The number of benzene rings is 1. The number of anilines is 1. The topological polar surface area (TPSA) is 70.6 Å². The van der Waals surface area contributed by atoms with Crippen molar-refractivity contribution in [1.82, 2.24) is 19.8 Å². The molecule has 0 spiro atoms. The molecule has 0 saturated heterocycles. The molecule has 0 bridgehead atoms. The van der Waals surface area contributed by atoms with Crippen molar-refractivity contribution >= 4 is 41.6 Å². The second-order valence-corrected chi connectivity index (χ2v) is 17.7. The number of likely N-dealkylation sites (N-methyl/N-ethyl adjacent to an activating group) is 1. The normalized spacial score (nSPS) is 15.3. The molecule has 2 aromatic heterocycles. The van der Waals surface area contributed by atoms with Crippen LogP contribution in [0.3, 0.4) is 0 Å². The molecular formula is C29H41N5O2SSi. The Balaban J connectivity index is 1.59. The molecule has 0 saturated carbocycles. The highest BCUT2D eigenvalue weighted by molar-refractivity contribution is 7.19. The first kappa shape index (κ1) is 28.4. The number of hydrogen-bond acceptors (Lipinski definition) is 7. The summed E-state index contributed by atoms with van der Waals surface area (Å²) in [5.74, 6) is 0.900. The fraction of sp³-hybridized carbons (Fsp3) is 0.483. The van der Waals surface area contributed by atoms with Crippen LogP contribution < -0.4 is 5.32 Å². The average molecular weight is 552 g/mol. The van der Waals surface area contributed by atoms with Gasteiger partial charge in [0.25, 0.3) is 0 Å². The van der Waals surface area contributed by atoms with Crippen molar-refractivity contribution in [2.75, 3.05) is 39.1 Å². The Morgan fingerprint density at radius 3 is 2.66 bits per heavy atom. The fourth-order valence-electron chi connectivity index (χ4n) is 4.27. The molecule has 1 amide bonds. The molecule has 0 unspecified atom stereocenters. The molecule has 4 rings (SSSR count). The van der Waals surface area contributed by atoms with Crippen LogP contribution in [0, 0.1) is 0 Å². The standard InChI is InChI=1S/C29H41N5O2SSi/c1-29(2,3)38(6,7)36-19-23(21-12-9-8-10-13-21)32-27-26-22-15-17-34(25(35)14-11-16-33(4)5)18-24(22)37-28(26)31-20-30-27/h8-14,20,23H,15-19H2,1-7H3,(H,30,31,32)/t23-/m1/s1. The quantitative estimate of drug-likeness (QED) is 0.265. The number of hydrogen-bond donors (Lipinski definition) is 1. The first-order valence-electron chi connectivity index (χ1n) is 13.3. The summed E-state index contributed by atoms with van der Waals surface area (Å²) in [4.78, 5) is 28.2. The number of amides is 1. The number of thiophene rings is 1. The maximum Gasteiger partial charge on any atom is 0.246 e. The lowest BCUT2D eigenvalue weighted by Crippen LogP contribution is -2.42. The van der Waals surface area contributed by atoms with Crippen LogP contribution in [-0.4, -0.2) is 67.8 Å². The molecule has 38 heavy (non-hydrogen) atoms. The predicted octanol–water partition coefficient (Wildman–Crippen LogP) is 5.87. The van der Waals surface area contributed by atoms with Gasteiger partial charge in [0.2, 0.25) is 5.91 Å². The summed E-state index contributed by atoms with van der Waals surface area (Å²) in [6.07, 6.45) is 6.04. The minimum Gasteiger partial charge on any atom is -0.414 e. The third-order valence-corrected chi connectivity index (χ3v) is 13.2. The van der Waals surface area contributed by atoms with E-state index >= 15 is 0 Å². The number of carbonyl (C=O) groups is 1. The summed E-state index contributed by atoms with van der Waals surface area (Å²) in [6.45, 7) is 14.0. The van der Waals surface area contributed by atoms with Gasteiger partial charge < -0.3 is 19.5 Å². The Kier molecular flexibility index (Phi) is 8.71. The molecule has 1 atom stereocenters. The monoisotopic (exact) mass is 551 g/mol. The lowest BCUT2D eigenvalue weighted by atomic mass is 10.0. The second-order valence-electron chi connectivity index (χ2n) is 11.8.